The van der Waals surface area contributed by atoms with Crippen LogP contribution < -0.4 is 11.1 Å². The summed E-state index contributed by atoms with van der Waals surface area (Å²) in [5.74, 6) is 1.16. The number of anilines is 2. The van der Waals surface area contributed by atoms with Crippen LogP contribution in [0.15, 0.2) is 24.3 Å². The number of nitrogens with zero attached hydrogens (tertiary/aromatic N) is 2. The number of nitrogen functional groups attached to an aromatic ring is 1. The molecule has 3 N–H and O–H groups in total. The predicted molar refractivity (Wildman–Crippen MR) is 81.2 cm³/mol. The number of nitrogens with two attached hydrogens (primary N) is 1. The Morgan fingerprint density at radius 2 is 1.68 bits per heavy atom. The molecular formula is C15H22N4. The maximum Gasteiger partial charge on any atom is 0.222 e. The topological polar surface area (TPSA) is 63.8 Å². The molecule has 2 rings (SSSR count). The van der Waals surface area contributed by atoms with Gasteiger partial charge in [0, 0.05) is 10.9 Å². The van der Waals surface area contributed by atoms with Gasteiger partial charge in [0.15, 0.2) is 0 Å². The van der Waals surface area contributed by atoms with Crippen molar-refractivity contribution in [3.8, 4) is 0 Å². The molecule has 0 atom stereocenters. The van der Waals surface area contributed by atoms with E-state index in [-0.39, 0.29) is 5.54 Å². The normalized spacial score (nSPS) is 11.7. The molecule has 2 aromatic rings. The molecule has 1 aromatic carbocycles. The van der Waals surface area contributed by atoms with E-state index in [1.165, 1.54) is 0 Å². The van der Waals surface area contributed by atoms with Crippen molar-refractivity contribution in [1.82, 2.24) is 9.97 Å². The number of hydrogen-bond acceptors (Lipinski definition) is 4. The Kier molecular flexibility index (Phi) is 3.88. The lowest BCUT2D eigenvalue weighted by molar-refractivity contribution is 0.419. The highest BCUT2D eigenvalue weighted by Gasteiger charge is 2.24. The van der Waals surface area contributed by atoms with Crippen molar-refractivity contribution in [2.45, 2.75) is 45.6 Å². The third-order valence-electron chi connectivity index (χ3n) is 4.03. The number of fused-ring (bicyclic) bond motifs is 1. The summed E-state index contributed by atoms with van der Waals surface area (Å²) < 4.78 is 0. The minimum absolute atomic E-state index is 0.0730. The van der Waals surface area contributed by atoms with E-state index in [9.17, 15) is 0 Å². The molecule has 0 bridgehead atoms. The zero-order valence-corrected chi connectivity index (χ0v) is 11.9. The average molecular weight is 258 g/mol. The molecule has 102 valence electrons. The van der Waals surface area contributed by atoms with Crippen LogP contribution in [0.3, 0.4) is 0 Å². The number of hydrogen-bond donors (Lipinski definition) is 2. The van der Waals surface area contributed by atoms with Crippen molar-refractivity contribution in [3.05, 3.63) is 24.3 Å². The monoisotopic (exact) mass is 258 g/mol. The predicted octanol–water partition coefficient (Wildman–Crippen LogP) is 3.59. The van der Waals surface area contributed by atoms with Gasteiger partial charge in [-0.15, -0.1) is 0 Å². The van der Waals surface area contributed by atoms with E-state index in [1.807, 2.05) is 24.3 Å². The highest BCUT2D eigenvalue weighted by atomic mass is 15.1. The van der Waals surface area contributed by atoms with Gasteiger partial charge in [0.05, 0.1) is 5.52 Å². The van der Waals surface area contributed by atoms with E-state index >= 15 is 0 Å². The minimum atomic E-state index is 0.0730. The molecule has 0 unspecified atom stereocenters. The first-order chi connectivity index (χ1) is 9.14. The van der Waals surface area contributed by atoms with Crippen LogP contribution in [0.4, 0.5) is 11.8 Å². The summed E-state index contributed by atoms with van der Waals surface area (Å²) in [5, 5.41) is 4.62. The van der Waals surface area contributed by atoms with Gasteiger partial charge < -0.3 is 11.1 Å². The fourth-order valence-corrected chi connectivity index (χ4v) is 2.46. The quantitative estimate of drug-likeness (QED) is 0.860. The molecule has 0 aliphatic rings. The molecule has 4 nitrogen and oxygen atoms in total. The summed E-state index contributed by atoms with van der Waals surface area (Å²) in [4.78, 5) is 8.66. The molecule has 0 radical (unpaired) electrons. The number of para-hydroxylation sites is 1. The molecule has 0 spiro atoms. The molecule has 0 fully saturated rings. The number of nitrogens with one attached hydrogen (secondary N) is 1. The second kappa shape index (κ2) is 5.43. The van der Waals surface area contributed by atoms with Crippen molar-refractivity contribution >= 4 is 22.7 Å². The van der Waals surface area contributed by atoms with E-state index in [1.54, 1.807) is 0 Å². The van der Waals surface area contributed by atoms with Gasteiger partial charge in [0.1, 0.15) is 5.82 Å². The van der Waals surface area contributed by atoms with Crippen LogP contribution in [-0.4, -0.2) is 15.5 Å². The summed E-state index contributed by atoms with van der Waals surface area (Å²) in [6.07, 6.45) is 3.16. The molecule has 0 saturated heterocycles. The van der Waals surface area contributed by atoms with Crippen LogP contribution in [-0.2, 0) is 0 Å². The first-order valence-corrected chi connectivity index (χ1v) is 6.94. The SMILES string of the molecule is CCC(CC)(CC)Nc1nc(N)nc2ccccc12. The standard InChI is InChI=1S/C15H22N4/c1-4-15(5-2,6-3)19-13-11-9-7-8-10-12(11)17-14(16)18-13/h7-10H,4-6H2,1-3H3,(H3,16,17,18,19). The van der Waals surface area contributed by atoms with Gasteiger partial charge in [-0.2, -0.15) is 4.98 Å². The molecule has 0 aliphatic heterocycles. The highest BCUT2D eigenvalue weighted by Crippen LogP contribution is 2.29. The van der Waals surface area contributed by atoms with E-state index in [0.29, 0.717) is 5.95 Å². The zero-order chi connectivity index (χ0) is 13.9. The Morgan fingerprint density at radius 3 is 2.32 bits per heavy atom. The largest absolute Gasteiger partial charge is 0.368 e. The van der Waals surface area contributed by atoms with Crippen LogP contribution in [0.1, 0.15) is 40.0 Å². The van der Waals surface area contributed by atoms with Crippen molar-refractivity contribution in [3.63, 3.8) is 0 Å². The fraction of sp³-hybridized carbons (Fsp3) is 0.467. The van der Waals surface area contributed by atoms with Crippen LogP contribution in [0.25, 0.3) is 10.9 Å². The Morgan fingerprint density at radius 1 is 1.05 bits per heavy atom. The third kappa shape index (κ3) is 2.62. The van der Waals surface area contributed by atoms with Crippen LogP contribution in [0, 0.1) is 0 Å². The lowest BCUT2D eigenvalue weighted by Gasteiger charge is -2.32. The Labute approximate surface area is 114 Å². The molecule has 0 amide bonds. The second-order valence-corrected chi connectivity index (χ2v) is 4.91. The van der Waals surface area contributed by atoms with Crippen molar-refractivity contribution < 1.29 is 0 Å². The van der Waals surface area contributed by atoms with Gasteiger partial charge in [-0.05, 0) is 31.4 Å². The van der Waals surface area contributed by atoms with Crippen molar-refractivity contribution in [1.29, 1.82) is 0 Å². The number of benzene rings is 1. The summed E-state index contributed by atoms with van der Waals surface area (Å²) >= 11 is 0. The zero-order valence-electron chi connectivity index (χ0n) is 11.9. The van der Waals surface area contributed by atoms with E-state index in [0.717, 1.165) is 36.0 Å². The Balaban J connectivity index is 2.50. The van der Waals surface area contributed by atoms with E-state index < -0.39 is 0 Å². The van der Waals surface area contributed by atoms with Gasteiger partial charge in [-0.3, -0.25) is 0 Å². The van der Waals surface area contributed by atoms with E-state index in [4.69, 9.17) is 5.73 Å². The summed E-state index contributed by atoms with van der Waals surface area (Å²) in [6.45, 7) is 6.60. The van der Waals surface area contributed by atoms with Crippen LogP contribution >= 0.6 is 0 Å². The molecule has 19 heavy (non-hydrogen) atoms. The van der Waals surface area contributed by atoms with Gasteiger partial charge in [-0.1, -0.05) is 32.9 Å². The van der Waals surface area contributed by atoms with Gasteiger partial charge in [-0.25, -0.2) is 4.98 Å². The fourth-order valence-electron chi connectivity index (χ4n) is 2.46. The lowest BCUT2D eigenvalue weighted by Crippen LogP contribution is -2.36. The van der Waals surface area contributed by atoms with Crippen LogP contribution in [0.2, 0.25) is 0 Å². The van der Waals surface area contributed by atoms with Crippen molar-refractivity contribution in [2.75, 3.05) is 11.1 Å². The van der Waals surface area contributed by atoms with Gasteiger partial charge in [0.25, 0.3) is 0 Å². The van der Waals surface area contributed by atoms with Crippen molar-refractivity contribution in [2.24, 2.45) is 0 Å². The molecule has 0 aliphatic carbocycles. The first-order valence-electron chi connectivity index (χ1n) is 6.94. The smallest absolute Gasteiger partial charge is 0.222 e. The Bertz CT molecular complexity index is 553. The number of rotatable bonds is 5. The maximum atomic E-state index is 5.81. The average Bonchev–Trinajstić information content (AvgIpc) is 2.44. The molecule has 4 heteroatoms. The summed E-state index contributed by atoms with van der Waals surface area (Å²) in [5.41, 5.74) is 6.76. The molecule has 1 heterocycles. The van der Waals surface area contributed by atoms with Crippen LogP contribution in [0.5, 0.6) is 0 Å². The lowest BCUT2D eigenvalue weighted by atomic mass is 9.89. The van der Waals surface area contributed by atoms with E-state index in [2.05, 4.69) is 36.1 Å². The highest BCUT2D eigenvalue weighted by molar-refractivity contribution is 5.90. The minimum Gasteiger partial charge on any atom is -0.368 e. The maximum absolute atomic E-state index is 5.81. The Hall–Kier alpha value is -1.84. The summed E-state index contributed by atoms with van der Waals surface area (Å²) in [7, 11) is 0. The molecule has 1 aromatic heterocycles. The van der Waals surface area contributed by atoms with Gasteiger partial charge >= 0.3 is 0 Å². The third-order valence-corrected chi connectivity index (χ3v) is 4.03. The summed E-state index contributed by atoms with van der Waals surface area (Å²) in [6, 6.07) is 7.96. The molecular weight excluding hydrogens is 236 g/mol. The number of aromatic nitrogens is 2. The second-order valence-electron chi connectivity index (χ2n) is 4.91. The molecule has 0 saturated carbocycles. The van der Waals surface area contributed by atoms with Gasteiger partial charge in [0.2, 0.25) is 5.95 Å². The first kappa shape index (κ1) is 13.6.